The molecular formula is C11H20N2O2S. The lowest BCUT2D eigenvalue weighted by Crippen LogP contribution is -2.55. The molecular weight excluding hydrogens is 224 g/mol. The molecule has 5 heteroatoms. The molecule has 4 nitrogen and oxygen atoms in total. The van der Waals surface area contributed by atoms with Crippen molar-refractivity contribution in [2.45, 2.75) is 39.2 Å². The smallest absolute Gasteiger partial charge is 0.232 e. The first-order valence-electron chi connectivity index (χ1n) is 5.48. The van der Waals surface area contributed by atoms with Crippen molar-refractivity contribution in [1.29, 1.82) is 0 Å². The van der Waals surface area contributed by atoms with Crippen LogP contribution < -0.4 is 11.1 Å². The van der Waals surface area contributed by atoms with Crippen LogP contribution in [0.25, 0.3) is 0 Å². The second kappa shape index (κ2) is 4.67. The Morgan fingerprint density at radius 2 is 1.94 bits per heavy atom. The van der Waals surface area contributed by atoms with E-state index in [1.807, 2.05) is 6.92 Å². The Morgan fingerprint density at radius 1 is 1.44 bits per heavy atom. The van der Waals surface area contributed by atoms with Gasteiger partial charge in [-0.3, -0.25) is 4.79 Å². The summed E-state index contributed by atoms with van der Waals surface area (Å²) in [5.74, 6) is -0.107. The Kier molecular flexibility index (Phi) is 3.91. The Balaban J connectivity index is 2.66. The number of amides is 1. The van der Waals surface area contributed by atoms with Crippen LogP contribution in [0.3, 0.4) is 0 Å². The van der Waals surface area contributed by atoms with Gasteiger partial charge in [0.2, 0.25) is 5.91 Å². The van der Waals surface area contributed by atoms with Crippen LogP contribution in [0.2, 0.25) is 0 Å². The largest absolute Gasteiger partial charge is 0.392 e. The van der Waals surface area contributed by atoms with Crippen LogP contribution in [-0.2, 0) is 9.53 Å². The Bertz CT molecular complexity index is 296. The van der Waals surface area contributed by atoms with Crippen LogP contribution in [0.4, 0.5) is 0 Å². The number of rotatable bonds is 3. The zero-order valence-corrected chi connectivity index (χ0v) is 10.9. The molecule has 1 aliphatic heterocycles. The fraction of sp³-hybridized carbons (Fsp3) is 0.818. The first-order chi connectivity index (χ1) is 7.28. The number of nitrogens with two attached hydrogens (primary N) is 1. The molecule has 0 aromatic rings. The van der Waals surface area contributed by atoms with Crippen molar-refractivity contribution in [2.75, 3.05) is 13.2 Å². The molecule has 0 radical (unpaired) electrons. The minimum absolute atomic E-state index is 0.107. The van der Waals surface area contributed by atoms with Crippen molar-refractivity contribution in [3.05, 3.63) is 0 Å². The minimum atomic E-state index is -0.795. The maximum absolute atomic E-state index is 12.1. The summed E-state index contributed by atoms with van der Waals surface area (Å²) in [7, 11) is 0. The van der Waals surface area contributed by atoms with Gasteiger partial charge >= 0.3 is 0 Å². The van der Waals surface area contributed by atoms with E-state index in [-0.39, 0.29) is 16.4 Å². The molecule has 1 heterocycles. The molecule has 1 rings (SSSR count). The van der Waals surface area contributed by atoms with Gasteiger partial charge in [-0.1, -0.05) is 12.2 Å². The highest BCUT2D eigenvalue weighted by Crippen LogP contribution is 2.23. The number of hydrogen-bond donors (Lipinski definition) is 2. The molecule has 16 heavy (non-hydrogen) atoms. The second-order valence-corrected chi connectivity index (χ2v) is 5.56. The van der Waals surface area contributed by atoms with E-state index in [9.17, 15) is 4.79 Å². The van der Waals surface area contributed by atoms with E-state index < -0.39 is 5.41 Å². The lowest BCUT2D eigenvalue weighted by atomic mass is 9.87. The maximum atomic E-state index is 12.1. The van der Waals surface area contributed by atoms with Crippen LogP contribution in [-0.4, -0.2) is 29.6 Å². The molecule has 0 atom stereocenters. The highest BCUT2D eigenvalue weighted by Gasteiger charge is 2.36. The molecule has 0 aromatic carbocycles. The molecule has 0 saturated carbocycles. The van der Waals surface area contributed by atoms with Crippen molar-refractivity contribution < 1.29 is 9.53 Å². The third kappa shape index (κ3) is 2.92. The molecule has 1 aliphatic rings. The molecule has 3 N–H and O–H groups in total. The minimum Gasteiger partial charge on any atom is -0.392 e. The molecule has 92 valence electrons. The summed E-state index contributed by atoms with van der Waals surface area (Å²) in [6.45, 7) is 6.89. The van der Waals surface area contributed by atoms with Crippen LogP contribution >= 0.6 is 12.2 Å². The van der Waals surface area contributed by atoms with E-state index in [1.165, 1.54) is 0 Å². The zero-order chi connectivity index (χ0) is 12.4. The Hall–Kier alpha value is -0.680. The summed E-state index contributed by atoms with van der Waals surface area (Å²) in [5, 5.41) is 3.03. The summed E-state index contributed by atoms with van der Waals surface area (Å²) in [6.07, 6.45) is 1.65. The molecule has 1 saturated heterocycles. The van der Waals surface area contributed by atoms with Crippen molar-refractivity contribution in [2.24, 2.45) is 11.1 Å². The van der Waals surface area contributed by atoms with Crippen LogP contribution in [0.1, 0.15) is 33.6 Å². The van der Waals surface area contributed by atoms with Gasteiger partial charge in [0.1, 0.15) is 0 Å². The van der Waals surface area contributed by atoms with Gasteiger partial charge in [0.25, 0.3) is 0 Å². The second-order valence-electron chi connectivity index (χ2n) is 5.12. The first kappa shape index (κ1) is 13.4. The number of carbonyl (C=O) groups excluding carboxylic acids is 1. The molecule has 0 unspecified atom stereocenters. The van der Waals surface area contributed by atoms with Gasteiger partial charge in [-0.2, -0.15) is 0 Å². The fourth-order valence-corrected chi connectivity index (χ4v) is 1.58. The van der Waals surface area contributed by atoms with Gasteiger partial charge < -0.3 is 15.8 Å². The zero-order valence-electron chi connectivity index (χ0n) is 10.1. The highest BCUT2D eigenvalue weighted by molar-refractivity contribution is 7.80. The van der Waals surface area contributed by atoms with Gasteiger partial charge in [-0.25, -0.2) is 0 Å². The van der Waals surface area contributed by atoms with Gasteiger partial charge in [-0.15, -0.1) is 0 Å². The monoisotopic (exact) mass is 244 g/mol. The van der Waals surface area contributed by atoms with E-state index in [0.717, 1.165) is 12.8 Å². The van der Waals surface area contributed by atoms with E-state index in [0.29, 0.717) is 13.2 Å². The predicted octanol–water partition coefficient (Wildman–Crippen LogP) is 0.984. The van der Waals surface area contributed by atoms with E-state index in [2.05, 4.69) is 5.32 Å². The standard InChI is InChI=1S/C11H20N2O2S/c1-10(2,8(12)16)9(14)13-11(3)4-6-15-7-5-11/h4-7H2,1-3H3,(H2,12,16)(H,13,14). The summed E-state index contributed by atoms with van der Waals surface area (Å²) < 4.78 is 5.28. The number of nitrogens with one attached hydrogen (secondary N) is 1. The first-order valence-corrected chi connectivity index (χ1v) is 5.89. The van der Waals surface area contributed by atoms with Gasteiger partial charge in [0.15, 0.2) is 0 Å². The number of carbonyl (C=O) groups is 1. The predicted molar refractivity (Wildman–Crippen MR) is 67.2 cm³/mol. The van der Waals surface area contributed by atoms with Crippen molar-refractivity contribution >= 4 is 23.1 Å². The van der Waals surface area contributed by atoms with E-state index in [1.54, 1.807) is 13.8 Å². The SMILES string of the molecule is CC1(NC(=O)C(C)(C)C(N)=S)CCOCC1. The summed E-state index contributed by atoms with van der Waals surface area (Å²) in [5.41, 5.74) is 4.57. The third-order valence-electron chi connectivity index (χ3n) is 3.20. The quantitative estimate of drug-likeness (QED) is 0.727. The van der Waals surface area contributed by atoms with Gasteiger partial charge in [-0.05, 0) is 33.6 Å². The molecule has 0 aliphatic carbocycles. The third-order valence-corrected chi connectivity index (χ3v) is 3.71. The van der Waals surface area contributed by atoms with Gasteiger partial charge in [0.05, 0.1) is 10.4 Å². The molecule has 0 bridgehead atoms. The molecule has 1 amide bonds. The van der Waals surface area contributed by atoms with Crippen LogP contribution in [0, 0.1) is 5.41 Å². The normalized spacial score (nSPS) is 20.2. The maximum Gasteiger partial charge on any atom is 0.232 e. The van der Waals surface area contributed by atoms with Crippen molar-refractivity contribution in [1.82, 2.24) is 5.32 Å². The fourth-order valence-electron chi connectivity index (χ4n) is 1.49. The number of thiocarbonyl (C=S) groups is 1. The van der Waals surface area contributed by atoms with E-state index >= 15 is 0 Å². The van der Waals surface area contributed by atoms with Crippen molar-refractivity contribution in [3.8, 4) is 0 Å². The summed E-state index contributed by atoms with van der Waals surface area (Å²) in [6, 6.07) is 0. The molecule has 0 spiro atoms. The Labute approximate surface area is 102 Å². The average molecular weight is 244 g/mol. The lowest BCUT2D eigenvalue weighted by Gasteiger charge is -2.37. The Morgan fingerprint density at radius 3 is 2.38 bits per heavy atom. The molecule has 1 fully saturated rings. The summed E-state index contributed by atoms with van der Waals surface area (Å²) in [4.78, 5) is 12.3. The van der Waals surface area contributed by atoms with E-state index in [4.69, 9.17) is 22.7 Å². The number of ether oxygens (including phenoxy) is 1. The van der Waals surface area contributed by atoms with Crippen LogP contribution in [0.5, 0.6) is 0 Å². The molecule has 0 aromatic heterocycles. The topological polar surface area (TPSA) is 64.4 Å². The highest BCUT2D eigenvalue weighted by atomic mass is 32.1. The average Bonchev–Trinajstić information content (AvgIpc) is 2.17. The van der Waals surface area contributed by atoms with Crippen LogP contribution in [0.15, 0.2) is 0 Å². The van der Waals surface area contributed by atoms with Crippen molar-refractivity contribution in [3.63, 3.8) is 0 Å². The van der Waals surface area contributed by atoms with Gasteiger partial charge in [0, 0.05) is 18.8 Å². The number of hydrogen-bond acceptors (Lipinski definition) is 3. The summed E-state index contributed by atoms with van der Waals surface area (Å²) >= 11 is 4.90. The lowest BCUT2D eigenvalue weighted by molar-refractivity contribution is -0.129.